The largest absolute Gasteiger partial charge is 0.472 e. The van der Waals surface area contributed by atoms with Crippen molar-refractivity contribution in [2.75, 3.05) is 33.4 Å². The molecule has 0 aromatic heterocycles. The van der Waals surface area contributed by atoms with Crippen molar-refractivity contribution < 1.29 is 37.6 Å². The fraction of sp³-hybridized carbons (Fsp3) is 0.619. The van der Waals surface area contributed by atoms with Gasteiger partial charge in [0.15, 0.2) is 6.10 Å². The lowest BCUT2D eigenvalue weighted by Crippen LogP contribution is -2.29. The lowest BCUT2D eigenvalue weighted by atomic mass is 10.1. The van der Waals surface area contributed by atoms with Crippen molar-refractivity contribution in [3.63, 3.8) is 0 Å². The van der Waals surface area contributed by atoms with E-state index < -0.39 is 32.5 Å². The Balaban J connectivity index is 4.45. The van der Waals surface area contributed by atoms with Gasteiger partial charge in [-0.25, -0.2) is 4.57 Å². The third-order valence-corrected chi connectivity index (χ3v) is 8.48. The predicted molar refractivity (Wildman–Crippen MR) is 215 cm³/mol. The number of allylic oxidation sites excluding steroid dienone is 14. The second kappa shape index (κ2) is 37.9. The van der Waals surface area contributed by atoms with E-state index >= 15 is 0 Å². The van der Waals surface area contributed by atoms with Crippen LogP contribution in [0.15, 0.2) is 85.1 Å². The summed E-state index contributed by atoms with van der Waals surface area (Å²) in [5.41, 5.74) is 0. The molecule has 0 radical (unpaired) electrons. The molecule has 0 fully saturated rings. The number of phosphoric acid groups is 1. The third-order valence-electron chi connectivity index (χ3n) is 7.50. The van der Waals surface area contributed by atoms with Crippen molar-refractivity contribution in [2.45, 2.75) is 136 Å². The first kappa shape index (κ1) is 49.2. The lowest BCUT2D eigenvalue weighted by molar-refractivity contribution is -0.161. The van der Waals surface area contributed by atoms with Gasteiger partial charge in [0.1, 0.15) is 6.61 Å². The molecule has 0 aromatic rings. The summed E-state index contributed by atoms with van der Waals surface area (Å²) in [6.07, 6.45) is 44.9. The van der Waals surface area contributed by atoms with E-state index in [9.17, 15) is 19.0 Å². The van der Waals surface area contributed by atoms with Crippen LogP contribution in [0.25, 0.3) is 0 Å². The average Bonchev–Trinajstić information content (AvgIpc) is 3.12. The number of hydrogen-bond donors (Lipinski definition) is 2. The summed E-state index contributed by atoms with van der Waals surface area (Å²) < 4.78 is 33.0. The van der Waals surface area contributed by atoms with E-state index in [0.29, 0.717) is 19.4 Å². The second-order valence-electron chi connectivity index (χ2n) is 12.4. The van der Waals surface area contributed by atoms with Gasteiger partial charge >= 0.3 is 19.8 Å². The number of carbonyl (C=O) groups is 2. The lowest BCUT2D eigenvalue weighted by Gasteiger charge is -2.20. The molecule has 2 atom stereocenters. The van der Waals surface area contributed by atoms with E-state index in [0.717, 1.165) is 70.6 Å². The van der Waals surface area contributed by atoms with Gasteiger partial charge in [-0.1, -0.05) is 112 Å². The Bertz CT molecular complexity index is 1130. The van der Waals surface area contributed by atoms with Crippen LogP contribution in [0.2, 0.25) is 0 Å². The zero-order valence-corrected chi connectivity index (χ0v) is 33.4. The zero-order chi connectivity index (χ0) is 38.2. The van der Waals surface area contributed by atoms with E-state index in [-0.39, 0.29) is 26.1 Å². The van der Waals surface area contributed by atoms with Crippen LogP contribution in [-0.4, -0.2) is 56.3 Å². The summed E-state index contributed by atoms with van der Waals surface area (Å²) in [6.45, 7) is 3.95. The number of carbonyl (C=O) groups excluding carboxylic acids is 2. The number of phosphoric ester groups is 1. The molecule has 9 nitrogen and oxygen atoms in total. The van der Waals surface area contributed by atoms with Gasteiger partial charge in [-0.2, -0.15) is 0 Å². The maximum Gasteiger partial charge on any atom is 0.472 e. The van der Waals surface area contributed by atoms with E-state index in [1.165, 1.54) is 19.3 Å². The minimum atomic E-state index is -4.37. The normalized spacial score (nSPS) is 14.3. The molecule has 0 saturated carbocycles. The Morgan fingerprint density at radius 1 is 0.615 bits per heavy atom. The highest BCUT2D eigenvalue weighted by Gasteiger charge is 2.26. The van der Waals surface area contributed by atoms with Crippen LogP contribution in [0, 0.1) is 0 Å². The molecule has 0 bridgehead atoms. The van der Waals surface area contributed by atoms with Gasteiger partial charge in [0.05, 0.1) is 13.2 Å². The Labute approximate surface area is 316 Å². The van der Waals surface area contributed by atoms with Crippen molar-refractivity contribution in [3.8, 4) is 0 Å². The van der Waals surface area contributed by atoms with Crippen LogP contribution in [0.1, 0.15) is 129 Å². The highest BCUT2D eigenvalue weighted by Crippen LogP contribution is 2.43. The zero-order valence-electron chi connectivity index (χ0n) is 32.5. The number of ether oxygens (including phenoxy) is 2. The molecular formula is C42H70NO8P. The maximum absolute atomic E-state index is 12.6. The molecule has 0 aromatic carbocycles. The first-order valence-corrected chi connectivity index (χ1v) is 21.0. The van der Waals surface area contributed by atoms with E-state index in [2.05, 4.69) is 104 Å². The van der Waals surface area contributed by atoms with E-state index in [4.69, 9.17) is 18.5 Å². The summed E-state index contributed by atoms with van der Waals surface area (Å²) in [5, 5.41) is 2.81. The van der Waals surface area contributed by atoms with Crippen LogP contribution in [0.4, 0.5) is 0 Å². The topological polar surface area (TPSA) is 120 Å². The molecule has 0 heterocycles. The smallest absolute Gasteiger partial charge is 0.462 e. The number of rotatable bonds is 35. The van der Waals surface area contributed by atoms with Crippen LogP contribution in [0.5, 0.6) is 0 Å². The maximum atomic E-state index is 12.6. The van der Waals surface area contributed by atoms with Gasteiger partial charge in [0.2, 0.25) is 0 Å². The third kappa shape index (κ3) is 37.0. The summed E-state index contributed by atoms with van der Waals surface area (Å²) >= 11 is 0. The van der Waals surface area contributed by atoms with Crippen molar-refractivity contribution in [2.24, 2.45) is 0 Å². The molecule has 0 rings (SSSR count). The SMILES string of the molecule is CC/C=C\C/C=C\C/C=C\C/C=C\CCCCC(=O)OCC(COP(=O)(O)OCCNC)OC(=O)CCCC/C=C\C/C=C\C/C=C\CCCCC. The molecule has 0 spiro atoms. The van der Waals surface area contributed by atoms with Gasteiger partial charge in [-0.05, 0) is 96.9 Å². The average molecular weight is 748 g/mol. The molecule has 10 heteroatoms. The molecule has 0 aliphatic heterocycles. The van der Waals surface area contributed by atoms with Gasteiger partial charge in [0.25, 0.3) is 0 Å². The summed E-state index contributed by atoms with van der Waals surface area (Å²) in [5.74, 6) is -0.912. The molecule has 296 valence electrons. The molecule has 2 N–H and O–H groups in total. The monoisotopic (exact) mass is 747 g/mol. The van der Waals surface area contributed by atoms with Crippen LogP contribution >= 0.6 is 7.82 Å². The number of likely N-dealkylation sites (N-methyl/N-ethyl adjacent to an activating group) is 1. The summed E-state index contributed by atoms with van der Waals surface area (Å²) in [6, 6.07) is 0. The van der Waals surface area contributed by atoms with Crippen molar-refractivity contribution in [1.29, 1.82) is 0 Å². The quantitative estimate of drug-likeness (QED) is 0.0282. The standard InChI is InChI=1S/C42H70NO8P/c1-4-6-8-10-12-14-16-18-20-22-24-26-28-30-32-34-41(44)48-38-40(39-50-52(46,47)49-37-36-43-3)51-42(45)35-33-31-29-27-25-23-21-19-17-15-13-11-9-7-5-2/h6,8,12-15,18-21,24-27,40,43H,4-5,7,9-11,16-17,22-23,28-39H2,1-3H3,(H,46,47)/b8-6-,14-12-,15-13-,20-18-,21-19-,26-24-,27-25-. The van der Waals surface area contributed by atoms with E-state index in [1.54, 1.807) is 7.05 Å². The highest BCUT2D eigenvalue weighted by atomic mass is 31.2. The molecule has 0 saturated heterocycles. The van der Waals surface area contributed by atoms with Crippen LogP contribution < -0.4 is 5.32 Å². The van der Waals surface area contributed by atoms with Gasteiger partial charge < -0.3 is 19.7 Å². The van der Waals surface area contributed by atoms with Gasteiger partial charge in [-0.15, -0.1) is 0 Å². The Hall–Kier alpha value is -2.81. The molecule has 0 aliphatic carbocycles. The Morgan fingerprint density at radius 3 is 1.56 bits per heavy atom. The molecule has 52 heavy (non-hydrogen) atoms. The van der Waals surface area contributed by atoms with Crippen molar-refractivity contribution >= 4 is 19.8 Å². The first-order valence-electron chi connectivity index (χ1n) is 19.5. The Morgan fingerprint density at radius 2 is 1.08 bits per heavy atom. The fourth-order valence-electron chi connectivity index (χ4n) is 4.55. The van der Waals surface area contributed by atoms with Crippen LogP contribution in [0.3, 0.4) is 0 Å². The number of hydrogen-bond acceptors (Lipinski definition) is 8. The molecule has 0 aliphatic rings. The van der Waals surface area contributed by atoms with Gasteiger partial charge in [0, 0.05) is 19.4 Å². The molecular weight excluding hydrogens is 677 g/mol. The van der Waals surface area contributed by atoms with Crippen molar-refractivity contribution in [3.05, 3.63) is 85.1 Å². The first-order chi connectivity index (χ1) is 25.3. The number of unbranched alkanes of at least 4 members (excludes halogenated alkanes) is 7. The summed E-state index contributed by atoms with van der Waals surface area (Å²) in [7, 11) is -2.68. The second-order valence-corrected chi connectivity index (χ2v) is 13.8. The molecule has 0 amide bonds. The predicted octanol–water partition coefficient (Wildman–Crippen LogP) is 10.7. The minimum absolute atomic E-state index is 0.0358. The van der Waals surface area contributed by atoms with Gasteiger partial charge in [-0.3, -0.25) is 18.6 Å². The minimum Gasteiger partial charge on any atom is -0.462 e. The van der Waals surface area contributed by atoms with Crippen LogP contribution in [-0.2, 0) is 32.7 Å². The van der Waals surface area contributed by atoms with Crippen molar-refractivity contribution in [1.82, 2.24) is 5.32 Å². The number of esters is 2. The Kier molecular flexibility index (Phi) is 35.9. The summed E-state index contributed by atoms with van der Waals surface area (Å²) in [4.78, 5) is 34.9. The van der Waals surface area contributed by atoms with E-state index in [1.807, 2.05) is 0 Å². The highest BCUT2D eigenvalue weighted by molar-refractivity contribution is 7.47. The molecule has 2 unspecified atom stereocenters. The number of nitrogens with one attached hydrogen (secondary N) is 1. The fourth-order valence-corrected chi connectivity index (χ4v) is 5.30.